The van der Waals surface area contributed by atoms with Crippen LogP contribution in [-0.2, 0) is 13.2 Å². The van der Waals surface area contributed by atoms with Gasteiger partial charge in [0.25, 0.3) is 0 Å². The van der Waals surface area contributed by atoms with Crippen molar-refractivity contribution in [3.8, 4) is 5.75 Å². The molecule has 0 bridgehead atoms. The number of aliphatic hydroxyl groups is 1. The predicted molar refractivity (Wildman–Crippen MR) is 73.9 cm³/mol. The van der Waals surface area contributed by atoms with Crippen molar-refractivity contribution in [2.45, 2.75) is 39.5 Å². The monoisotopic (exact) mass is 278 g/mol. The van der Waals surface area contributed by atoms with Gasteiger partial charge >= 0.3 is 0 Å². The molecule has 0 radical (unpaired) electrons. The summed E-state index contributed by atoms with van der Waals surface area (Å²) >= 11 is 0. The lowest BCUT2D eigenvalue weighted by Gasteiger charge is -2.14. The molecule has 0 aliphatic heterocycles. The number of aryl methyl sites for hydroxylation is 1. The molecule has 0 unspecified atom stereocenters. The Morgan fingerprint density at radius 2 is 2.25 bits per heavy atom. The number of halogens is 1. The van der Waals surface area contributed by atoms with Gasteiger partial charge in [0.15, 0.2) is 0 Å². The second kappa shape index (κ2) is 6.52. The Kier molecular flexibility index (Phi) is 4.74. The summed E-state index contributed by atoms with van der Waals surface area (Å²) in [5.74, 6) is 0.106. The van der Waals surface area contributed by atoms with E-state index in [9.17, 15) is 9.50 Å². The SMILES string of the molecule is CCCn1cncc1COc1ccc(F)cc1[C@H](C)O. The number of hydrogen-bond acceptors (Lipinski definition) is 3. The second-order valence-corrected chi connectivity index (χ2v) is 4.73. The molecule has 0 spiro atoms. The van der Waals surface area contributed by atoms with Crippen LogP contribution in [-0.4, -0.2) is 14.7 Å². The van der Waals surface area contributed by atoms with Gasteiger partial charge in [-0.15, -0.1) is 0 Å². The minimum absolute atomic E-state index is 0.339. The smallest absolute Gasteiger partial charge is 0.130 e. The Hall–Kier alpha value is -1.88. The van der Waals surface area contributed by atoms with Gasteiger partial charge in [-0.05, 0) is 31.5 Å². The van der Waals surface area contributed by atoms with E-state index < -0.39 is 6.10 Å². The maximum atomic E-state index is 13.2. The summed E-state index contributed by atoms with van der Waals surface area (Å²) in [5.41, 5.74) is 1.40. The molecule has 0 aliphatic carbocycles. The van der Waals surface area contributed by atoms with E-state index in [0.29, 0.717) is 17.9 Å². The average molecular weight is 278 g/mol. The highest BCUT2D eigenvalue weighted by atomic mass is 19.1. The van der Waals surface area contributed by atoms with Crippen LogP contribution in [0.5, 0.6) is 5.75 Å². The van der Waals surface area contributed by atoms with Crippen LogP contribution in [0.25, 0.3) is 0 Å². The molecule has 20 heavy (non-hydrogen) atoms. The third kappa shape index (κ3) is 3.36. The van der Waals surface area contributed by atoms with Crippen molar-refractivity contribution in [2.75, 3.05) is 0 Å². The topological polar surface area (TPSA) is 47.3 Å². The molecule has 1 aromatic heterocycles. The zero-order valence-electron chi connectivity index (χ0n) is 11.7. The minimum atomic E-state index is -0.777. The van der Waals surface area contributed by atoms with Gasteiger partial charge in [-0.2, -0.15) is 0 Å². The molecule has 2 aromatic rings. The normalized spacial score (nSPS) is 12.4. The van der Waals surface area contributed by atoms with Crippen LogP contribution in [0.1, 0.15) is 37.6 Å². The number of imidazole rings is 1. The molecule has 1 atom stereocenters. The predicted octanol–water partition coefficient (Wildman–Crippen LogP) is 3.06. The standard InChI is InChI=1S/C15H19FN2O2/c1-3-6-18-10-17-8-13(18)9-20-15-5-4-12(16)7-14(15)11(2)19/h4-5,7-8,10-11,19H,3,6,9H2,1-2H3/t11-/m0/s1. The Bertz CT molecular complexity index is 567. The lowest BCUT2D eigenvalue weighted by Crippen LogP contribution is -2.06. The van der Waals surface area contributed by atoms with Crippen LogP contribution in [0.2, 0.25) is 0 Å². The van der Waals surface area contributed by atoms with E-state index in [2.05, 4.69) is 11.9 Å². The van der Waals surface area contributed by atoms with Crippen molar-refractivity contribution in [1.82, 2.24) is 9.55 Å². The zero-order valence-corrected chi connectivity index (χ0v) is 11.7. The molecule has 2 rings (SSSR count). The van der Waals surface area contributed by atoms with Crippen LogP contribution in [0.15, 0.2) is 30.7 Å². The molecule has 4 nitrogen and oxygen atoms in total. The third-order valence-corrected chi connectivity index (χ3v) is 3.06. The Morgan fingerprint density at radius 3 is 2.95 bits per heavy atom. The van der Waals surface area contributed by atoms with E-state index >= 15 is 0 Å². The van der Waals surface area contributed by atoms with Gasteiger partial charge in [-0.25, -0.2) is 9.37 Å². The van der Waals surface area contributed by atoms with Crippen molar-refractivity contribution >= 4 is 0 Å². The van der Waals surface area contributed by atoms with Crippen molar-refractivity contribution in [3.05, 3.63) is 47.8 Å². The highest BCUT2D eigenvalue weighted by Gasteiger charge is 2.11. The number of nitrogens with zero attached hydrogens (tertiary/aromatic N) is 2. The molecule has 1 N–H and O–H groups in total. The highest BCUT2D eigenvalue weighted by molar-refractivity contribution is 5.35. The quantitative estimate of drug-likeness (QED) is 0.883. The molecular formula is C15H19FN2O2. The summed E-state index contributed by atoms with van der Waals surface area (Å²) in [6.45, 7) is 4.90. The fourth-order valence-corrected chi connectivity index (χ4v) is 2.04. The van der Waals surface area contributed by atoms with Gasteiger partial charge in [0, 0.05) is 12.1 Å². The lowest BCUT2D eigenvalue weighted by atomic mass is 10.1. The van der Waals surface area contributed by atoms with E-state index in [0.717, 1.165) is 18.7 Å². The summed E-state index contributed by atoms with van der Waals surface area (Å²) in [5, 5.41) is 9.66. The molecule has 1 heterocycles. The minimum Gasteiger partial charge on any atom is -0.487 e. The molecular weight excluding hydrogens is 259 g/mol. The highest BCUT2D eigenvalue weighted by Crippen LogP contribution is 2.26. The molecule has 0 fully saturated rings. The first kappa shape index (κ1) is 14.5. The largest absolute Gasteiger partial charge is 0.487 e. The first-order chi connectivity index (χ1) is 9.61. The fourth-order valence-electron chi connectivity index (χ4n) is 2.04. The maximum Gasteiger partial charge on any atom is 0.130 e. The number of ether oxygens (including phenoxy) is 1. The number of rotatable bonds is 6. The molecule has 0 amide bonds. The molecule has 108 valence electrons. The third-order valence-electron chi connectivity index (χ3n) is 3.06. The molecule has 5 heteroatoms. The maximum absolute atomic E-state index is 13.2. The number of aromatic nitrogens is 2. The number of hydrogen-bond donors (Lipinski definition) is 1. The number of benzene rings is 1. The first-order valence-corrected chi connectivity index (χ1v) is 6.71. The summed E-state index contributed by atoms with van der Waals surface area (Å²) in [4.78, 5) is 4.10. The molecule has 0 saturated carbocycles. The van der Waals surface area contributed by atoms with Crippen LogP contribution in [0, 0.1) is 5.82 Å². The Morgan fingerprint density at radius 1 is 1.45 bits per heavy atom. The van der Waals surface area contributed by atoms with Crippen molar-refractivity contribution in [1.29, 1.82) is 0 Å². The van der Waals surface area contributed by atoms with Gasteiger partial charge in [-0.3, -0.25) is 0 Å². The summed E-state index contributed by atoms with van der Waals surface area (Å²) in [7, 11) is 0. The van der Waals surface area contributed by atoms with E-state index in [4.69, 9.17) is 4.74 Å². The summed E-state index contributed by atoms with van der Waals surface area (Å²) in [6.07, 6.45) is 3.75. The molecule has 0 aliphatic rings. The van der Waals surface area contributed by atoms with Gasteiger partial charge < -0.3 is 14.4 Å². The lowest BCUT2D eigenvalue weighted by molar-refractivity contribution is 0.189. The summed E-state index contributed by atoms with van der Waals surface area (Å²) in [6, 6.07) is 4.16. The van der Waals surface area contributed by atoms with Crippen molar-refractivity contribution in [2.24, 2.45) is 0 Å². The van der Waals surface area contributed by atoms with E-state index in [1.54, 1.807) is 19.4 Å². The van der Waals surface area contributed by atoms with Gasteiger partial charge in [0.05, 0.1) is 24.3 Å². The van der Waals surface area contributed by atoms with Gasteiger partial charge in [0.1, 0.15) is 18.2 Å². The first-order valence-electron chi connectivity index (χ1n) is 6.71. The van der Waals surface area contributed by atoms with Crippen molar-refractivity contribution < 1.29 is 14.2 Å². The Balaban J connectivity index is 2.12. The van der Waals surface area contributed by atoms with E-state index in [-0.39, 0.29) is 5.82 Å². The van der Waals surface area contributed by atoms with Crippen LogP contribution in [0.3, 0.4) is 0 Å². The molecule has 0 saturated heterocycles. The molecule has 1 aromatic carbocycles. The van der Waals surface area contributed by atoms with Gasteiger partial charge in [-0.1, -0.05) is 6.92 Å². The van der Waals surface area contributed by atoms with Crippen LogP contribution >= 0.6 is 0 Å². The average Bonchev–Trinajstić information content (AvgIpc) is 2.85. The van der Waals surface area contributed by atoms with Crippen molar-refractivity contribution in [3.63, 3.8) is 0 Å². The van der Waals surface area contributed by atoms with Gasteiger partial charge in [0.2, 0.25) is 0 Å². The Labute approximate surface area is 117 Å². The summed E-state index contributed by atoms with van der Waals surface area (Å²) < 4.78 is 20.9. The van der Waals surface area contributed by atoms with Crippen LogP contribution < -0.4 is 4.74 Å². The fraction of sp³-hybridized carbons (Fsp3) is 0.400. The van der Waals surface area contributed by atoms with E-state index in [1.807, 2.05) is 4.57 Å². The van der Waals surface area contributed by atoms with Crippen LogP contribution in [0.4, 0.5) is 4.39 Å². The zero-order chi connectivity index (χ0) is 14.5. The second-order valence-electron chi connectivity index (χ2n) is 4.73. The van der Waals surface area contributed by atoms with E-state index in [1.165, 1.54) is 18.2 Å². The number of aliphatic hydroxyl groups excluding tert-OH is 1.